The molecule has 1 N–H and O–H groups in total. The molecule has 7 heteroatoms. The first-order valence-electron chi connectivity index (χ1n) is 9.57. The summed E-state index contributed by atoms with van der Waals surface area (Å²) in [6.07, 6.45) is 0.757. The molecule has 27 heavy (non-hydrogen) atoms. The molecule has 1 saturated heterocycles. The van der Waals surface area contributed by atoms with Crippen LogP contribution in [0.1, 0.15) is 54.6 Å². The standard InChI is InChI=1S/C20H26N4O2S/c1-4-16-21-20-24(22-16)19(25)18(27-20)17(23-9-11-26-12-10-23)15-7-5-14(6-8-15)13(2)3/h5-8,13,17,25H,4,9-12H2,1-3H3/t17-/m0/s1. The molecule has 1 aliphatic rings. The van der Waals surface area contributed by atoms with E-state index in [1.807, 2.05) is 6.92 Å². The van der Waals surface area contributed by atoms with Crippen molar-refractivity contribution in [1.29, 1.82) is 0 Å². The van der Waals surface area contributed by atoms with E-state index >= 15 is 0 Å². The minimum atomic E-state index is -0.0197. The van der Waals surface area contributed by atoms with E-state index in [1.54, 1.807) is 4.52 Å². The Hall–Kier alpha value is -1.96. The van der Waals surface area contributed by atoms with Crippen molar-refractivity contribution in [2.75, 3.05) is 26.3 Å². The average Bonchev–Trinajstić information content (AvgIpc) is 3.23. The molecule has 4 rings (SSSR count). The zero-order chi connectivity index (χ0) is 19.0. The van der Waals surface area contributed by atoms with Crippen LogP contribution in [-0.2, 0) is 11.2 Å². The first-order valence-corrected chi connectivity index (χ1v) is 10.4. The maximum atomic E-state index is 10.9. The van der Waals surface area contributed by atoms with Gasteiger partial charge in [-0.1, -0.05) is 56.4 Å². The van der Waals surface area contributed by atoms with Gasteiger partial charge in [0.05, 0.1) is 24.1 Å². The van der Waals surface area contributed by atoms with Crippen molar-refractivity contribution in [3.63, 3.8) is 0 Å². The molecule has 0 unspecified atom stereocenters. The number of fused-ring (bicyclic) bond motifs is 1. The fraction of sp³-hybridized carbons (Fsp3) is 0.500. The van der Waals surface area contributed by atoms with Crippen molar-refractivity contribution in [3.8, 4) is 5.88 Å². The molecule has 0 saturated carbocycles. The Labute approximate surface area is 163 Å². The molecular weight excluding hydrogens is 360 g/mol. The van der Waals surface area contributed by atoms with Gasteiger partial charge in [-0.2, -0.15) is 4.52 Å². The predicted octanol–water partition coefficient (Wildman–Crippen LogP) is 3.60. The lowest BCUT2D eigenvalue weighted by Crippen LogP contribution is -2.39. The summed E-state index contributed by atoms with van der Waals surface area (Å²) in [5, 5.41) is 15.3. The highest BCUT2D eigenvalue weighted by molar-refractivity contribution is 7.17. The number of aromatic hydroxyl groups is 1. The zero-order valence-electron chi connectivity index (χ0n) is 16.1. The smallest absolute Gasteiger partial charge is 0.230 e. The Morgan fingerprint density at radius 2 is 1.81 bits per heavy atom. The molecular formula is C20H26N4O2S. The van der Waals surface area contributed by atoms with Gasteiger partial charge in [0.25, 0.3) is 0 Å². The SMILES string of the molecule is CCc1nc2sc([C@H](c3ccc(C(C)C)cc3)N3CCOCC3)c(O)n2n1. The molecule has 1 fully saturated rings. The van der Waals surface area contributed by atoms with Crippen LogP contribution in [0.4, 0.5) is 0 Å². The van der Waals surface area contributed by atoms with E-state index < -0.39 is 0 Å². The number of aryl methyl sites for hydroxylation is 1. The van der Waals surface area contributed by atoms with Crippen LogP contribution in [0.15, 0.2) is 24.3 Å². The highest BCUT2D eigenvalue weighted by Crippen LogP contribution is 2.40. The summed E-state index contributed by atoms with van der Waals surface area (Å²) < 4.78 is 7.12. The van der Waals surface area contributed by atoms with Crippen LogP contribution in [0.25, 0.3) is 4.96 Å². The van der Waals surface area contributed by atoms with Crippen molar-refractivity contribution in [2.45, 2.75) is 39.2 Å². The van der Waals surface area contributed by atoms with Gasteiger partial charge < -0.3 is 9.84 Å². The minimum absolute atomic E-state index is 0.0197. The van der Waals surface area contributed by atoms with Crippen LogP contribution in [0.5, 0.6) is 5.88 Å². The molecule has 3 aromatic rings. The molecule has 1 aromatic carbocycles. The molecule has 144 valence electrons. The number of ether oxygens (including phenoxy) is 1. The molecule has 0 aliphatic carbocycles. The van der Waals surface area contributed by atoms with Gasteiger partial charge in [-0.3, -0.25) is 4.90 Å². The highest BCUT2D eigenvalue weighted by atomic mass is 32.1. The second-order valence-electron chi connectivity index (χ2n) is 7.24. The summed E-state index contributed by atoms with van der Waals surface area (Å²) in [6.45, 7) is 9.51. The third kappa shape index (κ3) is 3.47. The van der Waals surface area contributed by atoms with E-state index in [0.717, 1.165) is 35.2 Å². The Kier molecular flexibility index (Phi) is 5.16. The summed E-state index contributed by atoms with van der Waals surface area (Å²) in [7, 11) is 0. The summed E-state index contributed by atoms with van der Waals surface area (Å²) >= 11 is 1.52. The van der Waals surface area contributed by atoms with Crippen molar-refractivity contribution >= 4 is 16.3 Å². The largest absolute Gasteiger partial charge is 0.492 e. The molecule has 0 radical (unpaired) electrons. The van der Waals surface area contributed by atoms with Crippen LogP contribution in [0.2, 0.25) is 0 Å². The number of nitrogens with zero attached hydrogens (tertiary/aromatic N) is 4. The van der Waals surface area contributed by atoms with Gasteiger partial charge in [0.2, 0.25) is 10.8 Å². The van der Waals surface area contributed by atoms with E-state index in [2.05, 4.69) is 53.1 Å². The molecule has 1 aliphatic heterocycles. The lowest BCUT2D eigenvalue weighted by atomic mass is 9.97. The second-order valence-corrected chi connectivity index (χ2v) is 8.25. The first kappa shape index (κ1) is 18.4. The number of hydrogen-bond donors (Lipinski definition) is 1. The third-order valence-corrected chi connectivity index (χ3v) is 6.21. The summed E-state index contributed by atoms with van der Waals surface area (Å²) in [5.74, 6) is 1.45. The summed E-state index contributed by atoms with van der Waals surface area (Å²) in [4.78, 5) is 8.55. The Morgan fingerprint density at radius 1 is 1.15 bits per heavy atom. The Morgan fingerprint density at radius 3 is 2.41 bits per heavy atom. The van der Waals surface area contributed by atoms with Crippen LogP contribution >= 0.6 is 11.3 Å². The molecule has 0 bridgehead atoms. The maximum absolute atomic E-state index is 10.9. The molecule has 0 amide bonds. The number of thiazole rings is 1. The van der Waals surface area contributed by atoms with E-state index in [9.17, 15) is 5.11 Å². The average molecular weight is 387 g/mol. The maximum Gasteiger partial charge on any atom is 0.230 e. The van der Waals surface area contributed by atoms with E-state index in [0.29, 0.717) is 19.1 Å². The summed E-state index contributed by atoms with van der Waals surface area (Å²) in [6, 6.07) is 8.73. The minimum Gasteiger partial charge on any atom is -0.492 e. The van der Waals surface area contributed by atoms with E-state index in [4.69, 9.17) is 4.74 Å². The van der Waals surface area contributed by atoms with Gasteiger partial charge in [-0.15, -0.1) is 5.10 Å². The summed E-state index contributed by atoms with van der Waals surface area (Å²) in [5.41, 5.74) is 2.50. The number of morpholine rings is 1. The molecule has 0 spiro atoms. The fourth-order valence-corrected chi connectivity index (χ4v) is 4.68. The van der Waals surface area contributed by atoms with Gasteiger partial charge in [0.15, 0.2) is 5.82 Å². The van der Waals surface area contributed by atoms with Gasteiger partial charge in [-0.25, -0.2) is 4.98 Å². The molecule has 1 atom stereocenters. The highest BCUT2D eigenvalue weighted by Gasteiger charge is 2.30. The second kappa shape index (κ2) is 7.58. The number of rotatable bonds is 5. The van der Waals surface area contributed by atoms with Gasteiger partial charge in [-0.05, 0) is 17.0 Å². The fourth-order valence-electron chi connectivity index (χ4n) is 3.55. The monoisotopic (exact) mass is 386 g/mol. The van der Waals surface area contributed by atoms with Crippen LogP contribution < -0.4 is 0 Å². The predicted molar refractivity (Wildman–Crippen MR) is 107 cm³/mol. The normalized spacial score (nSPS) is 17.0. The van der Waals surface area contributed by atoms with Crippen molar-refractivity contribution in [2.24, 2.45) is 0 Å². The van der Waals surface area contributed by atoms with Crippen molar-refractivity contribution < 1.29 is 9.84 Å². The zero-order valence-corrected chi connectivity index (χ0v) is 16.9. The number of benzene rings is 1. The number of aromatic nitrogens is 3. The van der Waals surface area contributed by atoms with E-state index in [-0.39, 0.29) is 11.9 Å². The topological polar surface area (TPSA) is 62.9 Å². The van der Waals surface area contributed by atoms with Crippen molar-refractivity contribution in [3.05, 3.63) is 46.1 Å². The lowest BCUT2D eigenvalue weighted by Gasteiger charge is -2.34. The van der Waals surface area contributed by atoms with Crippen LogP contribution in [0, 0.1) is 0 Å². The number of hydrogen-bond acceptors (Lipinski definition) is 6. The third-order valence-electron chi connectivity index (χ3n) is 5.14. The molecule has 3 heterocycles. The Bertz CT molecular complexity index is 910. The van der Waals surface area contributed by atoms with Gasteiger partial charge in [0.1, 0.15) is 0 Å². The molecule has 6 nitrogen and oxygen atoms in total. The van der Waals surface area contributed by atoms with Gasteiger partial charge in [0, 0.05) is 19.5 Å². The lowest BCUT2D eigenvalue weighted by molar-refractivity contribution is 0.0241. The van der Waals surface area contributed by atoms with Gasteiger partial charge >= 0.3 is 0 Å². The van der Waals surface area contributed by atoms with Crippen LogP contribution in [-0.4, -0.2) is 50.9 Å². The van der Waals surface area contributed by atoms with E-state index in [1.165, 1.54) is 22.5 Å². The molecule has 2 aromatic heterocycles. The quantitative estimate of drug-likeness (QED) is 0.726. The first-order chi connectivity index (χ1) is 13.1. The van der Waals surface area contributed by atoms with Crippen LogP contribution in [0.3, 0.4) is 0 Å². The Balaban J connectivity index is 1.77. The van der Waals surface area contributed by atoms with Crippen molar-refractivity contribution in [1.82, 2.24) is 19.5 Å².